The molecular weight excluding hydrogens is 312 g/mol. The molecule has 0 unspecified atom stereocenters. The van der Waals surface area contributed by atoms with Crippen molar-refractivity contribution in [3.05, 3.63) is 29.8 Å². The monoisotopic (exact) mass is 332 g/mol. The third kappa shape index (κ3) is 4.09. The molecule has 1 heterocycles. The second-order valence-electron chi connectivity index (χ2n) is 5.49. The van der Waals surface area contributed by atoms with Gasteiger partial charge in [-0.1, -0.05) is 0 Å². The molecule has 0 radical (unpaired) electrons. The summed E-state index contributed by atoms with van der Waals surface area (Å²) >= 11 is 0. The number of urea groups is 1. The Hall–Kier alpha value is -2.90. The van der Waals surface area contributed by atoms with Crippen LogP contribution in [0.5, 0.6) is 0 Å². The first-order valence-corrected chi connectivity index (χ1v) is 7.60. The van der Waals surface area contributed by atoms with Crippen molar-refractivity contribution in [2.45, 2.75) is 12.8 Å². The highest BCUT2D eigenvalue weighted by atomic mass is 16.2. The van der Waals surface area contributed by atoms with Crippen molar-refractivity contribution in [3.63, 3.8) is 0 Å². The van der Waals surface area contributed by atoms with E-state index in [1.165, 1.54) is 4.90 Å². The number of hydrogen-bond acceptors (Lipinski definition) is 4. The molecule has 2 N–H and O–H groups in total. The highest BCUT2D eigenvalue weighted by molar-refractivity contribution is 6.01. The van der Waals surface area contributed by atoms with Gasteiger partial charge in [0.05, 0.1) is 0 Å². The average molecular weight is 332 g/mol. The van der Waals surface area contributed by atoms with E-state index in [9.17, 15) is 19.2 Å². The summed E-state index contributed by atoms with van der Waals surface area (Å²) in [6.45, 7) is 0.313. The molecule has 24 heavy (non-hydrogen) atoms. The molecule has 128 valence electrons. The molecular formula is C16H20N4O4. The number of carbonyl (C=O) groups is 4. The van der Waals surface area contributed by atoms with Gasteiger partial charge in [-0.15, -0.1) is 0 Å². The van der Waals surface area contributed by atoms with E-state index in [1.807, 2.05) is 0 Å². The Morgan fingerprint density at radius 3 is 2.38 bits per heavy atom. The lowest BCUT2D eigenvalue weighted by molar-refractivity contribution is -0.125. The van der Waals surface area contributed by atoms with E-state index in [4.69, 9.17) is 0 Å². The van der Waals surface area contributed by atoms with Gasteiger partial charge >= 0.3 is 6.03 Å². The molecule has 0 aliphatic carbocycles. The summed E-state index contributed by atoms with van der Waals surface area (Å²) < 4.78 is 0. The quantitative estimate of drug-likeness (QED) is 0.748. The third-order valence-electron chi connectivity index (χ3n) is 3.67. The predicted molar refractivity (Wildman–Crippen MR) is 87.4 cm³/mol. The molecule has 1 aromatic carbocycles. The summed E-state index contributed by atoms with van der Waals surface area (Å²) in [5.74, 6) is -0.652. The van der Waals surface area contributed by atoms with Crippen molar-refractivity contribution < 1.29 is 19.2 Å². The minimum Gasteiger partial charge on any atom is -0.355 e. The number of likely N-dealkylation sites (N-methyl/N-ethyl adjacent to an activating group) is 1. The van der Waals surface area contributed by atoms with E-state index in [1.54, 1.807) is 38.4 Å². The molecule has 1 aliphatic rings. The topological polar surface area (TPSA) is 98.8 Å². The Morgan fingerprint density at radius 1 is 1.17 bits per heavy atom. The second kappa shape index (κ2) is 7.58. The summed E-state index contributed by atoms with van der Waals surface area (Å²) in [7, 11) is 3.11. The number of rotatable bonds is 6. The van der Waals surface area contributed by atoms with E-state index < -0.39 is 0 Å². The van der Waals surface area contributed by atoms with E-state index in [0.717, 1.165) is 4.90 Å². The summed E-state index contributed by atoms with van der Waals surface area (Å²) in [5.41, 5.74) is 1.09. The highest BCUT2D eigenvalue weighted by Crippen LogP contribution is 2.12. The number of anilines is 1. The third-order valence-corrected chi connectivity index (χ3v) is 3.67. The summed E-state index contributed by atoms with van der Waals surface area (Å²) in [4.78, 5) is 49.1. The molecule has 0 spiro atoms. The smallest absolute Gasteiger partial charge is 0.326 e. The van der Waals surface area contributed by atoms with Crippen molar-refractivity contribution in [1.82, 2.24) is 15.1 Å². The summed E-state index contributed by atoms with van der Waals surface area (Å²) in [6.07, 6.45) is 0.589. The van der Waals surface area contributed by atoms with Crippen LogP contribution >= 0.6 is 0 Å². The van der Waals surface area contributed by atoms with Crippen LogP contribution in [0.25, 0.3) is 0 Å². The number of hydrogen-bond donors (Lipinski definition) is 2. The molecule has 8 nitrogen and oxygen atoms in total. The predicted octanol–water partition coefficient (Wildman–Crippen LogP) is 0.659. The molecule has 1 aliphatic heterocycles. The Labute approximate surface area is 139 Å². The Bertz CT molecular complexity index is 657. The minimum atomic E-state index is -0.329. The zero-order valence-electron chi connectivity index (χ0n) is 13.7. The van der Waals surface area contributed by atoms with E-state index in [2.05, 4.69) is 10.6 Å². The fraction of sp³-hybridized carbons (Fsp3) is 0.375. The molecule has 0 atom stereocenters. The number of imide groups is 1. The van der Waals surface area contributed by atoms with Gasteiger partial charge in [0.2, 0.25) is 11.8 Å². The van der Waals surface area contributed by atoms with Crippen LogP contribution in [0.1, 0.15) is 23.2 Å². The van der Waals surface area contributed by atoms with Gasteiger partial charge in [-0.2, -0.15) is 0 Å². The largest absolute Gasteiger partial charge is 0.355 e. The van der Waals surface area contributed by atoms with Crippen LogP contribution in [-0.2, 0) is 9.59 Å². The zero-order valence-corrected chi connectivity index (χ0v) is 13.7. The maximum atomic E-state index is 11.9. The van der Waals surface area contributed by atoms with Crippen LogP contribution in [0.15, 0.2) is 24.3 Å². The molecule has 0 aromatic heterocycles. The van der Waals surface area contributed by atoms with E-state index in [-0.39, 0.29) is 43.3 Å². The van der Waals surface area contributed by atoms with Gasteiger partial charge in [0, 0.05) is 38.3 Å². The number of amides is 5. The van der Waals surface area contributed by atoms with Crippen molar-refractivity contribution >= 4 is 29.4 Å². The Balaban J connectivity index is 1.78. The van der Waals surface area contributed by atoms with E-state index in [0.29, 0.717) is 17.7 Å². The van der Waals surface area contributed by atoms with E-state index >= 15 is 0 Å². The first kappa shape index (κ1) is 17.5. The van der Waals surface area contributed by atoms with Crippen LogP contribution in [0, 0.1) is 0 Å². The summed E-state index contributed by atoms with van der Waals surface area (Å²) in [5, 5.41) is 5.23. The highest BCUT2D eigenvalue weighted by Gasteiger charge is 2.32. The molecule has 8 heteroatoms. The van der Waals surface area contributed by atoms with Gasteiger partial charge in [-0.25, -0.2) is 4.79 Å². The molecule has 1 aromatic rings. The van der Waals surface area contributed by atoms with Crippen LogP contribution in [0.3, 0.4) is 0 Å². The van der Waals surface area contributed by atoms with Gasteiger partial charge in [0.15, 0.2) is 0 Å². The number of benzene rings is 1. The first-order valence-electron chi connectivity index (χ1n) is 7.60. The maximum absolute atomic E-state index is 11.9. The maximum Gasteiger partial charge on any atom is 0.326 e. The lowest BCUT2D eigenvalue weighted by atomic mass is 10.2. The normalized spacial score (nSPS) is 14.1. The number of carbonyl (C=O) groups excluding carboxylic acids is 4. The van der Waals surface area contributed by atoms with Crippen molar-refractivity contribution in [1.29, 1.82) is 0 Å². The fourth-order valence-electron chi connectivity index (χ4n) is 2.36. The fourth-order valence-corrected chi connectivity index (χ4v) is 2.36. The van der Waals surface area contributed by atoms with Gasteiger partial charge in [-0.05, 0) is 30.7 Å². The molecule has 1 fully saturated rings. The molecule has 2 rings (SSSR count). The van der Waals surface area contributed by atoms with Gasteiger partial charge in [0.25, 0.3) is 5.91 Å². The number of nitrogens with one attached hydrogen (secondary N) is 2. The average Bonchev–Trinajstić information content (AvgIpc) is 2.81. The van der Waals surface area contributed by atoms with Gasteiger partial charge < -0.3 is 15.5 Å². The van der Waals surface area contributed by atoms with Gasteiger partial charge in [0.1, 0.15) is 6.54 Å². The van der Waals surface area contributed by atoms with Crippen LogP contribution in [-0.4, -0.2) is 60.7 Å². The molecule has 0 saturated carbocycles. The lowest BCUT2D eigenvalue weighted by Gasteiger charge is -2.13. The molecule has 1 saturated heterocycles. The number of nitrogens with zero attached hydrogens (tertiary/aromatic N) is 2. The zero-order chi connectivity index (χ0) is 17.7. The van der Waals surface area contributed by atoms with Crippen molar-refractivity contribution in [2.24, 2.45) is 0 Å². The first-order chi connectivity index (χ1) is 11.4. The molecule has 5 amide bonds. The van der Waals surface area contributed by atoms with Crippen molar-refractivity contribution in [2.75, 3.05) is 32.5 Å². The van der Waals surface area contributed by atoms with Crippen LogP contribution < -0.4 is 10.6 Å². The Kier molecular flexibility index (Phi) is 5.51. The van der Waals surface area contributed by atoms with Crippen molar-refractivity contribution in [3.8, 4) is 0 Å². The Morgan fingerprint density at radius 2 is 1.83 bits per heavy atom. The molecule has 0 bridgehead atoms. The minimum absolute atomic E-state index is 0.0860. The summed E-state index contributed by atoms with van der Waals surface area (Å²) in [6, 6.07) is 6.19. The van der Waals surface area contributed by atoms with Gasteiger partial charge in [-0.3, -0.25) is 19.3 Å². The second-order valence-corrected chi connectivity index (χ2v) is 5.49. The lowest BCUT2D eigenvalue weighted by Crippen LogP contribution is -2.32. The van der Waals surface area contributed by atoms with Crippen LogP contribution in [0.4, 0.5) is 10.5 Å². The van der Waals surface area contributed by atoms with Crippen LogP contribution in [0.2, 0.25) is 0 Å². The standard InChI is InChI=1S/C16H20N4O4/c1-17-15(23)11-5-7-12(8-6-11)18-13(21)4-3-9-20-14(22)10-19(2)16(20)24/h5-8H,3-4,9-10H2,1-2H3,(H,17,23)(H,18,21). The SMILES string of the molecule is CNC(=O)c1ccc(NC(=O)CCCN2C(=O)CN(C)C2=O)cc1.